The normalized spacial score (nSPS) is 15.3. The predicted molar refractivity (Wildman–Crippen MR) is 116 cm³/mol. The van der Waals surface area contributed by atoms with Gasteiger partial charge in [0, 0.05) is 23.9 Å². The number of aromatic nitrogens is 1. The second-order valence-corrected chi connectivity index (χ2v) is 9.40. The van der Waals surface area contributed by atoms with Gasteiger partial charge in [0.05, 0.1) is 16.5 Å². The van der Waals surface area contributed by atoms with Crippen molar-refractivity contribution in [3.05, 3.63) is 70.9 Å². The maximum Gasteiger partial charge on any atom is 0.235 e. The molecule has 0 unspecified atom stereocenters. The van der Waals surface area contributed by atoms with Gasteiger partial charge in [-0.2, -0.15) is 0 Å². The van der Waals surface area contributed by atoms with Crippen molar-refractivity contribution in [1.29, 1.82) is 0 Å². The first-order valence-electron chi connectivity index (χ1n) is 9.38. The maximum atomic E-state index is 14.0. The largest absolute Gasteiger partial charge is 0.485 e. The molecule has 162 valence electrons. The number of halogens is 3. The van der Waals surface area contributed by atoms with Crippen LogP contribution in [0, 0.1) is 11.6 Å². The number of hydrogen-bond acceptors (Lipinski definition) is 5. The standard InChI is InChI=1S/C21H18ClF2N3O3S/c22-20-16(17(23)6-7-18(20)24)12-30-19-10-14(11-26-21(19)25)13-2-4-15(5-3-13)27-8-1-9-31(27,28)29/h2-7,10-11H,1,8-9,12H2,(H2,25,26). The van der Waals surface area contributed by atoms with Gasteiger partial charge in [0.15, 0.2) is 11.6 Å². The smallest absolute Gasteiger partial charge is 0.235 e. The van der Waals surface area contributed by atoms with E-state index in [4.69, 9.17) is 22.1 Å². The van der Waals surface area contributed by atoms with Gasteiger partial charge < -0.3 is 10.5 Å². The van der Waals surface area contributed by atoms with Crippen molar-refractivity contribution in [2.75, 3.05) is 22.3 Å². The van der Waals surface area contributed by atoms with Crippen LogP contribution in [0.4, 0.5) is 20.3 Å². The molecule has 0 saturated carbocycles. The van der Waals surface area contributed by atoms with Gasteiger partial charge in [-0.15, -0.1) is 0 Å². The van der Waals surface area contributed by atoms with Crippen LogP contribution in [0.15, 0.2) is 48.7 Å². The zero-order valence-electron chi connectivity index (χ0n) is 16.2. The number of pyridine rings is 1. The van der Waals surface area contributed by atoms with Crippen LogP contribution in [0.25, 0.3) is 11.1 Å². The second kappa shape index (κ2) is 8.32. The monoisotopic (exact) mass is 465 g/mol. The molecule has 0 amide bonds. The summed E-state index contributed by atoms with van der Waals surface area (Å²) in [6.07, 6.45) is 2.14. The van der Waals surface area contributed by atoms with E-state index in [9.17, 15) is 17.2 Å². The maximum absolute atomic E-state index is 14.0. The molecule has 3 aromatic rings. The summed E-state index contributed by atoms with van der Waals surface area (Å²) in [4.78, 5) is 4.10. The number of nitrogens with two attached hydrogens (primary N) is 1. The van der Waals surface area contributed by atoms with E-state index >= 15 is 0 Å². The molecular formula is C21H18ClF2N3O3S. The fourth-order valence-corrected chi connectivity index (χ4v) is 5.10. The summed E-state index contributed by atoms with van der Waals surface area (Å²) < 4.78 is 58.7. The lowest BCUT2D eigenvalue weighted by molar-refractivity contribution is 0.300. The number of ether oxygens (including phenoxy) is 1. The van der Waals surface area contributed by atoms with Crippen LogP contribution < -0.4 is 14.8 Å². The first kappa shape index (κ1) is 21.3. The Kier molecular flexibility index (Phi) is 5.72. The van der Waals surface area contributed by atoms with Gasteiger partial charge in [0.1, 0.15) is 18.2 Å². The molecule has 0 spiro atoms. The minimum atomic E-state index is -3.26. The fourth-order valence-electron chi connectivity index (χ4n) is 3.33. The van der Waals surface area contributed by atoms with E-state index in [0.29, 0.717) is 24.2 Å². The molecule has 31 heavy (non-hydrogen) atoms. The highest BCUT2D eigenvalue weighted by Gasteiger charge is 2.28. The molecule has 1 aliphatic heterocycles. The Bertz CT molecular complexity index is 1240. The van der Waals surface area contributed by atoms with E-state index in [1.165, 1.54) is 4.31 Å². The summed E-state index contributed by atoms with van der Waals surface area (Å²) in [5.74, 6) is -1.03. The summed E-state index contributed by atoms with van der Waals surface area (Å²) in [5.41, 5.74) is 7.75. The summed E-state index contributed by atoms with van der Waals surface area (Å²) >= 11 is 5.83. The first-order chi connectivity index (χ1) is 14.8. The van der Waals surface area contributed by atoms with Crippen molar-refractivity contribution in [2.24, 2.45) is 0 Å². The van der Waals surface area contributed by atoms with Crippen LogP contribution >= 0.6 is 11.6 Å². The van der Waals surface area contributed by atoms with E-state index in [1.807, 2.05) is 0 Å². The third kappa shape index (κ3) is 4.28. The Morgan fingerprint density at radius 1 is 1.10 bits per heavy atom. The third-order valence-corrected chi connectivity index (χ3v) is 7.26. The van der Waals surface area contributed by atoms with Crippen LogP contribution in [-0.2, 0) is 16.6 Å². The zero-order valence-corrected chi connectivity index (χ0v) is 17.8. The zero-order chi connectivity index (χ0) is 22.2. The number of rotatable bonds is 5. The summed E-state index contributed by atoms with van der Waals surface area (Å²) in [6.45, 7) is 0.131. The average Bonchev–Trinajstić information content (AvgIpc) is 3.11. The molecule has 1 aromatic heterocycles. The first-order valence-corrected chi connectivity index (χ1v) is 11.4. The third-order valence-electron chi connectivity index (χ3n) is 4.98. The van der Waals surface area contributed by atoms with Gasteiger partial charge in [0.25, 0.3) is 0 Å². The number of sulfonamides is 1. The van der Waals surface area contributed by atoms with Gasteiger partial charge in [-0.1, -0.05) is 23.7 Å². The number of anilines is 2. The van der Waals surface area contributed by atoms with Gasteiger partial charge in [0.2, 0.25) is 10.0 Å². The van der Waals surface area contributed by atoms with Crippen molar-refractivity contribution < 1.29 is 21.9 Å². The van der Waals surface area contributed by atoms with Gasteiger partial charge in [-0.25, -0.2) is 22.2 Å². The van der Waals surface area contributed by atoms with E-state index < -0.39 is 21.7 Å². The Balaban J connectivity index is 1.56. The highest BCUT2D eigenvalue weighted by molar-refractivity contribution is 7.93. The Morgan fingerprint density at radius 3 is 2.48 bits per heavy atom. The van der Waals surface area contributed by atoms with Gasteiger partial charge in [-0.3, -0.25) is 4.31 Å². The van der Waals surface area contributed by atoms with Crippen LogP contribution in [0.5, 0.6) is 5.75 Å². The minimum Gasteiger partial charge on any atom is -0.485 e. The Labute approximate surface area is 183 Å². The highest BCUT2D eigenvalue weighted by Crippen LogP contribution is 2.31. The van der Waals surface area contributed by atoms with Gasteiger partial charge >= 0.3 is 0 Å². The lowest BCUT2D eigenvalue weighted by Crippen LogP contribution is -2.24. The van der Waals surface area contributed by atoms with Crippen LogP contribution in [0.3, 0.4) is 0 Å². The topological polar surface area (TPSA) is 85.5 Å². The SMILES string of the molecule is Nc1ncc(-c2ccc(N3CCCS3(=O)=O)cc2)cc1OCc1c(F)ccc(F)c1Cl. The Hall–Kier alpha value is -2.91. The van der Waals surface area contributed by atoms with Crippen molar-refractivity contribution in [3.8, 4) is 16.9 Å². The van der Waals surface area contributed by atoms with Crippen LogP contribution in [0.1, 0.15) is 12.0 Å². The molecule has 6 nitrogen and oxygen atoms in total. The van der Waals surface area contributed by atoms with E-state index in [-0.39, 0.29) is 34.5 Å². The van der Waals surface area contributed by atoms with E-state index in [2.05, 4.69) is 4.98 Å². The second-order valence-electron chi connectivity index (χ2n) is 7.01. The van der Waals surface area contributed by atoms with Crippen LogP contribution in [0.2, 0.25) is 5.02 Å². The highest BCUT2D eigenvalue weighted by atomic mass is 35.5. The Morgan fingerprint density at radius 2 is 1.81 bits per heavy atom. The van der Waals surface area contributed by atoms with Crippen molar-refractivity contribution >= 4 is 33.1 Å². The summed E-state index contributed by atoms with van der Waals surface area (Å²) in [7, 11) is -3.26. The lowest BCUT2D eigenvalue weighted by Gasteiger charge is -2.17. The molecule has 0 bridgehead atoms. The average molecular weight is 466 g/mol. The number of nitrogen functional groups attached to an aromatic ring is 1. The van der Waals surface area contributed by atoms with E-state index in [1.54, 1.807) is 36.5 Å². The van der Waals surface area contributed by atoms with Crippen molar-refractivity contribution in [2.45, 2.75) is 13.0 Å². The molecular weight excluding hydrogens is 448 g/mol. The summed E-state index contributed by atoms with van der Waals surface area (Å²) in [6, 6.07) is 10.5. The van der Waals surface area contributed by atoms with Gasteiger partial charge in [-0.05, 0) is 42.3 Å². The number of benzene rings is 2. The molecule has 4 rings (SSSR count). The molecule has 0 aliphatic carbocycles. The molecule has 10 heteroatoms. The summed E-state index contributed by atoms with van der Waals surface area (Å²) in [5, 5.41) is -0.352. The van der Waals surface area contributed by atoms with Crippen molar-refractivity contribution in [1.82, 2.24) is 4.98 Å². The molecule has 2 aromatic carbocycles. The quantitative estimate of drug-likeness (QED) is 0.565. The fraction of sp³-hybridized carbons (Fsp3) is 0.190. The molecule has 0 atom stereocenters. The number of nitrogens with zero attached hydrogens (tertiary/aromatic N) is 2. The molecule has 1 aliphatic rings. The molecule has 2 N–H and O–H groups in total. The van der Waals surface area contributed by atoms with E-state index in [0.717, 1.165) is 17.7 Å². The molecule has 2 heterocycles. The lowest BCUT2D eigenvalue weighted by atomic mass is 10.1. The molecule has 0 radical (unpaired) electrons. The van der Waals surface area contributed by atoms with Crippen LogP contribution in [-0.4, -0.2) is 25.7 Å². The molecule has 1 saturated heterocycles. The number of hydrogen-bond donors (Lipinski definition) is 1. The predicted octanol–water partition coefficient (Wildman–Crippen LogP) is 4.38. The minimum absolute atomic E-state index is 0.0801. The molecule has 1 fully saturated rings. The van der Waals surface area contributed by atoms with Crippen molar-refractivity contribution in [3.63, 3.8) is 0 Å².